The van der Waals surface area contributed by atoms with Crippen LogP contribution in [0.25, 0.3) is 0 Å². The van der Waals surface area contributed by atoms with Gasteiger partial charge in [0.15, 0.2) is 0 Å². The van der Waals surface area contributed by atoms with Crippen LogP contribution in [0.4, 0.5) is 11.4 Å². The van der Waals surface area contributed by atoms with Crippen LogP contribution in [0, 0.1) is 6.92 Å². The summed E-state index contributed by atoms with van der Waals surface area (Å²) in [6.45, 7) is 2.48. The van der Waals surface area contributed by atoms with Crippen LogP contribution < -0.4 is 15.0 Å². The minimum atomic E-state index is -0.238. The van der Waals surface area contributed by atoms with Crippen LogP contribution in [0.2, 0.25) is 5.02 Å². The van der Waals surface area contributed by atoms with Gasteiger partial charge in [0.2, 0.25) is 17.7 Å². The van der Waals surface area contributed by atoms with Gasteiger partial charge < -0.3 is 19.4 Å². The van der Waals surface area contributed by atoms with Crippen LogP contribution in [0.5, 0.6) is 5.75 Å². The highest BCUT2D eigenvalue weighted by Gasteiger charge is 2.35. The predicted octanol–water partition coefficient (Wildman–Crippen LogP) is 4.29. The summed E-state index contributed by atoms with van der Waals surface area (Å²) < 4.78 is 10.8. The maximum Gasteiger partial charge on any atom is 0.277 e. The van der Waals surface area contributed by atoms with Gasteiger partial charge in [0.25, 0.3) is 5.22 Å². The highest BCUT2D eigenvalue weighted by molar-refractivity contribution is 7.99. The monoisotopic (exact) mass is 472 g/mol. The molecule has 0 saturated carbocycles. The number of halogens is 1. The van der Waals surface area contributed by atoms with E-state index < -0.39 is 0 Å². The van der Waals surface area contributed by atoms with E-state index in [1.54, 1.807) is 23.1 Å². The Morgan fingerprint density at radius 3 is 2.78 bits per heavy atom. The molecule has 3 aromatic rings. The fourth-order valence-electron chi connectivity index (χ4n) is 3.36. The Bertz CT molecular complexity index is 1140. The Morgan fingerprint density at radius 1 is 1.28 bits per heavy atom. The molecule has 4 rings (SSSR count). The van der Waals surface area contributed by atoms with Crippen LogP contribution in [0.1, 0.15) is 23.8 Å². The number of thioether (sulfide) groups is 1. The van der Waals surface area contributed by atoms with Crippen molar-refractivity contribution in [3.63, 3.8) is 0 Å². The summed E-state index contributed by atoms with van der Waals surface area (Å²) in [5.74, 6) is 0.619. The highest BCUT2D eigenvalue weighted by atomic mass is 35.5. The van der Waals surface area contributed by atoms with Crippen molar-refractivity contribution in [3.05, 3.63) is 58.9 Å². The molecule has 1 aromatic heterocycles. The average Bonchev–Trinajstić information content (AvgIpc) is 3.40. The minimum absolute atomic E-state index is 0.0174. The molecule has 0 unspecified atom stereocenters. The van der Waals surface area contributed by atoms with Crippen molar-refractivity contribution >= 4 is 46.6 Å². The fraction of sp³-hybridized carbons (Fsp3) is 0.273. The van der Waals surface area contributed by atoms with Crippen molar-refractivity contribution in [1.82, 2.24) is 10.2 Å². The third-order valence-corrected chi connectivity index (χ3v) is 6.12. The Labute approximate surface area is 194 Å². The molecule has 10 heteroatoms. The topological polar surface area (TPSA) is 97.6 Å². The number of carbonyl (C=O) groups is 2. The summed E-state index contributed by atoms with van der Waals surface area (Å²) in [7, 11) is 1.52. The first kappa shape index (κ1) is 22.2. The molecule has 32 heavy (non-hydrogen) atoms. The van der Waals surface area contributed by atoms with E-state index in [0.29, 0.717) is 35.3 Å². The van der Waals surface area contributed by atoms with Crippen LogP contribution in [0.3, 0.4) is 0 Å². The SMILES string of the molecule is COc1ccc(NC(=O)CSc2nnc([C@H]3CC(=O)N(c4ccc(C)cc4)C3)o2)cc1Cl. The van der Waals surface area contributed by atoms with E-state index in [9.17, 15) is 9.59 Å². The average molecular weight is 473 g/mol. The van der Waals surface area contributed by atoms with Crippen LogP contribution in [0.15, 0.2) is 52.1 Å². The third-order valence-electron chi connectivity index (χ3n) is 5.00. The number of hydrogen-bond donors (Lipinski definition) is 1. The lowest BCUT2D eigenvalue weighted by Gasteiger charge is -2.16. The van der Waals surface area contributed by atoms with Gasteiger partial charge in [-0.15, -0.1) is 10.2 Å². The molecule has 8 nitrogen and oxygen atoms in total. The van der Waals surface area contributed by atoms with E-state index in [1.807, 2.05) is 31.2 Å². The van der Waals surface area contributed by atoms with Crippen molar-refractivity contribution in [1.29, 1.82) is 0 Å². The number of rotatable bonds is 7. The van der Waals surface area contributed by atoms with Gasteiger partial charge in [0.05, 0.1) is 23.8 Å². The van der Waals surface area contributed by atoms with E-state index in [0.717, 1.165) is 23.0 Å². The second-order valence-electron chi connectivity index (χ2n) is 7.33. The number of carbonyl (C=O) groups excluding carboxylic acids is 2. The fourth-order valence-corrected chi connectivity index (χ4v) is 4.19. The molecule has 2 amide bonds. The van der Waals surface area contributed by atoms with Crippen LogP contribution in [-0.4, -0.2) is 41.4 Å². The molecule has 0 bridgehead atoms. The summed E-state index contributed by atoms with van der Waals surface area (Å²) in [6.07, 6.45) is 0.304. The van der Waals surface area contributed by atoms with Crippen molar-refractivity contribution in [2.45, 2.75) is 24.5 Å². The van der Waals surface area contributed by atoms with Gasteiger partial charge in [-0.3, -0.25) is 9.59 Å². The van der Waals surface area contributed by atoms with E-state index in [4.69, 9.17) is 20.8 Å². The molecule has 1 fully saturated rings. The number of aryl methyl sites for hydroxylation is 1. The Kier molecular flexibility index (Phi) is 6.66. The van der Waals surface area contributed by atoms with Gasteiger partial charge in [-0.1, -0.05) is 41.1 Å². The standard InChI is InChI=1S/C22H21ClN4O4S/c1-13-3-6-16(7-4-13)27-11-14(9-20(27)29)21-25-26-22(31-21)32-12-19(28)24-15-5-8-18(30-2)17(23)10-15/h3-8,10,14H,9,11-12H2,1-2H3,(H,24,28)/t14-/m0/s1. The van der Waals surface area contributed by atoms with E-state index in [-0.39, 0.29) is 28.7 Å². The molecule has 1 aliphatic rings. The van der Waals surface area contributed by atoms with E-state index in [2.05, 4.69) is 15.5 Å². The molecule has 1 saturated heterocycles. The zero-order valence-electron chi connectivity index (χ0n) is 17.5. The van der Waals surface area contributed by atoms with E-state index in [1.165, 1.54) is 7.11 Å². The summed E-state index contributed by atoms with van der Waals surface area (Å²) in [4.78, 5) is 26.4. The molecule has 1 N–H and O–H groups in total. The summed E-state index contributed by atoms with van der Waals surface area (Å²) in [6, 6.07) is 12.8. The summed E-state index contributed by atoms with van der Waals surface area (Å²) >= 11 is 7.21. The number of nitrogens with zero attached hydrogens (tertiary/aromatic N) is 3. The predicted molar refractivity (Wildman–Crippen MR) is 123 cm³/mol. The molecule has 0 aliphatic carbocycles. The van der Waals surface area contributed by atoms with Gasteiger partial charge in [-0.05, 0) is 37.3 Å². The van der Waals surface area contributed by atoms with Crippen molar-refractivity contribution in [3.8, 4) is 5.75 Å². The number of hydrogen-bond acceptors (Lipinski definition) is 7. The molecule has 2 heterocycles. The first-order chi connectivity index (χ1) is 15.4. The molecule has 1 aliphatic heterocycles. The third kappa shape index (κ3) is 5.05. The van der Waals surface area contributed by atoms with Crippen molar-refractivity contribution < 1.29 is 18.7 Å². The number of anilines is 2. The Hall–Kier alpha value is -3.04. The van der Waals surface area contributed by atoms with Crippen LogP contribution in [-0.2, 0) is 9.59 Å². The minimum Gasteiger partial charge on any atom is -0.495 e. The Morgan fingerprint density at radius 2 is 2.06 bits per heavy atom. The van der Waals surface area contributed by atoms with Crippen LogP contribution >= 0.6 is 23.4 Å². The van der Waals surface area contributed by atoms with Gasteiger partial charge in [0, 0.05) is 24.3 Å². The zero-order valence-corrected chi connectivity index (χ0v) is 19.1. The first-order valence-electron chi connectivity index (χ1n) is 9.89. The lowest BCUT2D eigenvalue weighted by atomic mass is 10.1. The highest BCUT2D eigenvalue weighted by Crippen LogP contribution is 2.32. The molecule has 1 atom stereocenters. The normalized spacial score (nSPS) is 15.8. The second kappa shape index (κ2) is 9.62. The number of benzene rings is 2. The zero-order chi connectivity index (χ0) is 22.7. The molecule has 0 spiro atoms. The quantitative estimate of drug-likeness (QED) is 0.512. The van der Waals surface area contributed by atoms with Crippen molar-refractivity contribution in [2.75, 3.05) is 29.6 Å². The Balaban J connectivity index is 1.32. The molecule has 166 valence electrons. The number of methoxy groups -OCH3 is 1. The maximum atomic E-state index is 12.5. The largest absolute Gasteiger partial charge is 0.495 e. The summed E-state index contributed by atoms with van der Waals surface area (Å²) in [5.41, 5.74) is 2.55. The van der Waals surface area contributed by atoms with Gasteiger partial charge in [0.1, 0.15) is 5.75 Å². The first-order valence-corrected chi connectivity index (χ1v) is 11.3. The lowest BCUT2D eigenvalue weighted by Crippen LogP contribution is -2.24. The summed E-state index contributed by atoms with van der Waals surface area (Å²) in [5, 5.41) is 11.5. The van der Waals surface area contributed by atoms with Gasteiger partial charge in [-0.25, -0.2) is 0 Å². The number of ether oxygens (including phenoxy) is 1. The van der Waals surface area contributed by atoms with Gasteiger partial charge >= 0.3 is 0 Å². The number of aromatic nitrogens is 2. The molecule has 2 aromatic carbocycles. The van der Waals surface area contributed by atoms with Crippen molar-refractivity contribution in [2.24, 2.45) is 0 Å². The molecular formula is C22H21ClN4O4S. The maximum absolute atomic E-state index is 12.5. The van der Waals surface area contributed by atoms with E-state index >= 15 is 0 Å². The second-order valence-corrected chi connectivity index (χ2v) is 8.67. The molecular weight excluding hydrogens is 452 g/mol. The number of amides is 2. The van der Waals surface area contributed by atoms with Gasteiger partial charge in [-0.2, -0.15) is 0 Å². The lowest BCUT2D eigenvalue weighted by molar-refractivity contribution is -0.117. The molecule has 0 radical (unpaired) electrons. The number of nitrogens with one attached hydrogen (secondary N) is 1. The smallest absolute Gasteiger partial charge is 0.277 e.